The second kappa shape index (κ2) is 24.6. The molecule has 0 aromatic heterocycles. The molecule has 2 amide bonds. The minimum atomic E-state index is -1.64. The van der Waals surface area contributed by atoms with Crippen LogP contribution in [0.15, 0.2) is 133 Å². The zero-order chi connectivity index (χ0) is 50.5. The van der Waals surface area contributed by atoms with E-state index in [1.54, 1.807) is 53.5 Å². The van der Waals surface area contributed by atoms with E-state index in [9.17, 15) is 29.5 Å². The molecule has 2 aliphatic heterocycles. The molecule has 1 saturated carbocycles. The highest BCUT2D eigenvalue weighted by Crippen LogP contribution is 2.62. The summed E-state index contributed by atoms with van der Waals surface area (Å²) in [6.45, 7) is 4.83. The highest BCUT2D eigenvalue weighted by Gasteiger charge is 2.65. The molecule has 1 saturated heterocycles. The first-order valence-electron chi connectivity index (χ1n) is 24.9. The first-order chi connectivity index (χ1) is 35.1. The molecule has 0 bridgehead atoms. The summed E-state index contributed by atoms with van der Waals surface area (Å²) in [5.41, 5.74) is 4.09. The minimum absolute atomic E-state index is 0.00650. The molecule has 380 valence electrons. The monoisotopic (exact) mass is 986 g/mol. The molecule has 4 aromatic rings. The van der Waals surface area contributed by atoms with Crippen LogP contribution in [-0.2, 0) is 32.2 Å². The number of nitro benzene ring substituents is 1. The topological polar surface area (TPSA) is 192 Å². The number of aliphatic hydroxyl groups is 2. The van der Waals surface area contributed by atoms with Crippen molar-refractivity contribution in [2.75, 3.05) is 26.4 Å². The number of carbonyl (C=O) groups excluding carboxylic acids is 2. The maximum Gasteiger partial charge on any atom is 0.412 e. The molecule has 7 unspecified atom stereocenters. The van der Waals surface area contributed by atoms with Crippen molar-refractivity contribution in [3.05, 3.63) is 166 Å². The summed E-state index contributed by atoms with van der Waals surface area (Å²) in [6.07, 6.45) is 12.1. The highest BCUT2D eigenvalue weighted by molar-refractivity contribution is 6.03. The molecule has 72 heavy (non-hydrogen) atoms. The molecule has 2 fully saturated rings. The Balaban J connectivity index is 1.30. The lowest BCUT2D eigenvalue weighted by atomic mass is 9.55. The normalized spacial score (nSPS) is 23.8. The predicted molar refractivity (Wildman–Crippen MR) is 268 cm³/mol. The van der Waals surface area contributed by atoms with Crippen molar-refractivity contribution in [3.63, 3.8) is 0 Å². The quantitative estimate of drug-likeness (QED) is 0.0223. The van der Waals surface area contributed by atoms with Gasteiger partial charge in [-0.05, 0) is 121 Å². The van der Waals surface area contributed by atoms with Crippen molar-refractivity contribution in [1.29, 1.82) is 0 Å². The van der Waals surface area contributed by atoms with Crippen molar-refractivity contribution in [1.82, 2.24) is 10.2 Å². The van der Waals surface area contributed by atoms with E-state index in [4.69, 9.17) is 28.9 Å². The number of halogens is 1. The van der Waals surface area contributed by atoms with Crippen molar-refractivity contribution >= 4 is 29.5 Å². The number of nitro groups is 1. The predicted octanol–water partition coefficient (Wildman–Crippen LogP) is 9.92. The second-order valence-corrected chi connectivity index (χ2v) is 18.7. The fraction of sp³-hybridized carbons (Fsp3) is 0.411. The van der Waals surface area contributed by atoms with Gasteiger partial charge < -0.3 is 44.2 Å². The minimum Gasteiger partial charge on any atom is -0.459 e. The van der Waals surface area contributed by atoms with E-state index in [0.717, 1.165) is 42.4 Å². The molecular formula is C56H63FN4O11. The number of aliphatic hydroxyl groups excluding tert-OH is 2. The van der Waals surface area contributed by atoms with Crippen LogP contribution < -0.4 is 14.8 Å². The average molecular weight is 987 g/mol. The van der Waals surface area contributed by atoms with Gasteiger partial charge in [-0.3, -0.25) is 14.9 Å². The Labute approximate surface area is 419 Å². The molecule has 4 aromatic carbocycles. The van der Waals surface area contributed by atoms with Crippen LogP contribution in [0.25, 0.3) is 6.08 Å². The molecular weight excluding hydrogens is 924 g/mol. The SMILES string of the molecule is C=CCOC12Oc3ccc(OC(=O)NCc4ccccc4)cc3C3C(CCCCO)C(CCCCO)C=C(C(=NOC4CCCCO4)CC1N(Cc1ccc(F)cc1)C(=O)C=Cc1ccc([N+](=O)[O-])cc1)C32. The Morgan fingerprint density at radius 2 is 1.72 bits per heavy atom. The summed E-state index contributed by atoms with van der Waals surface area (Å²) < 4.78 is 41.0. The number of ether oxygens (including phenoxy) is 4. The third-order valence-corrected chi connectivity index (χ3v) is 14.0. The van der Waals surface area contributed by atoms with Crippen LogP contribution in [-0.4, -0.2) is 82.3 Å². The van der Waals surface area contributed by atoms with Gasteiger partial charge in [0, 0.05) is 68.8 Å². The fourth-order valence-electron chi connectivity index (χ4n) is 10.6. The van der Waals surface area contributed by atoms with Crippen LogP contribution in [0, 0.1) is 33.7 Å². The number of unbranched alkanes of at least 4 members (excludes halogenated alkanes) is 2. The van der Waals surface area contributed by atoms with Gasteiger partial charge in [-0.2, -0.15) is 0 Å². The van der Waals surface area contributed by atoms with Gasteiger partial charge in [0.25, 0.3) is 5.69 Å². The number of hydrogen-bond donors (Lipinski definition) is 3. The van der Waals surface area contributed by atoms with E-state index in [2.05, 4.69) is 18.0 Å². The smallest absolute Gasteiger partial charge is 0.412 e. The molecule has 2 heterocycles. The molecule has 15 nitrogen and oxygen atoms in total. The van der Waals surface area contributed by atoms with Crippen LogP contribution in [0.2, 0.25) is 0 Å². The number of rotatable bonds is 22. The summed E-state index contributed by atoms with van der Waals surface area (Å²) in [5.74, 6) is -3.11. The number of carbonyl (C=O) groups is 2. The van der Waals surface area contributed by atoms with E-state index in [1.165, 1.54) is 30.3 Å². The third-order valence-electron chi connectivity index (χ3n) is 14.0. The Hall–Kier alpha value is -6.72. The molecule has 7 atom stereocenters. The van der Waals surface area contributed by atoms with Gasteiger partial charge in [-0.15, -0.1) is 6.58 Å². The second-order valence-electron chi connectivity index (χ2n) is 18.7. The van der Waals surface area contributed by atoms with Crippen LogP contribution in [0.3, 0.4) is 0 Å². The van der Waals surface area contributed by atoms with Crippen molar-refractivity contribution in [2.24, 2.45) is 22.9 Å². The maximum absolute atomic E-state index is 15.2. The number of amides is 2. The van der Waals surface area contributed by atoms with Crippen molar-refractivity contribution in [3.8, 4) is 11.5 Å². The fourth-order valence-corrected chi connectivity index (χ4v) is 10.6. The molecule has 4 aliphatic rings. The number of fused-ring (bicyclic) bond motifs is 2. The summed E-state index contributed by atoms with van der Waals surface area (Å²) in [6, 6.07) is 25.6. The van der Waals surface area contributed by atoms with Crippen LogP contribution in [0.4, 0.5) is 14.9 Å². The average Bonchev–Trinajstić information content (AvgIpc) is 3.40. The molecule has 3 N–H and O–H groups in total. The summed E-state index contributed by atoms with van der Waals surface area (Å²) >= 11 is 0. The molecule has 8 rings (SSSR count). The van der Waals surface area contributed by atoms with Gasteiger partial charge in [0.2, 0.25) is 18.0 Å². The Morgan fingerprint density at radius 1 is 0.958 bits per heavy atom. The van der Waals surface area contributed by atoms with Crippen LogP contribution in [0.5, 0.6) is 11.5 Å². The number of benzene rings is 4. The van der Waals surface area contributed by atoms with Crippen LogP contribution in [0.1, 0.15) is 92.4 Å². The lowest BCUT2D eigenvalue weighted by Gasteiger charge is -2.60. The first-order valence-corrected chi connectivity index (χ1v) is 24.9. The number of oxime groups is 1. The first kappa shape index (κ1) is 51.6. The van der Waals surface area contributed by atoms with Gasteiger partial charge in [0.15, 0.2) is 0 Å². The number of hydrogen-bond acceptors (Lipinski definition) is 12. The molecule has 0 spiro atoms. The Bertz CT molecular complexity index is 2590. The number of allylic oxidation sites excluding steroid dienone is 1. The van der Waals surface area contributed by atoms with E-state index < -0.39 is 52.7 Å². The van der Waals surface area contributed by atoms with Gasteiger partial charge in [-0.25, -0.2) is 9.18 Å². The Morgan fingerprint density at radius 3 is 2.43 bits per heavy atom. The van der Waals surface area contributed by atoms with E-state index in [0.29, 0.717) is 61.3 Å². The number of nitrogens with one attached hydrogen (secondary N) is 1. The lowest BCUT2D eigenvalue weighted by molar-refractivity contribution is -0.384. The molecule has 16 heteroatoms. The number of non-ortho nitro benzene ring substituents is 1. The third kappa shape index (κ3) is 12.3. The zero-order valence-electron chi connectivity index (χ0n) is 40.3. The highest BCUT2D eigenvalue weighted by atomic mass is 19.1. The summed E-state index contributed by atoms with van der Waals surface area (Å²) in [5, 5.41) is 39.3. The standard InChI is InChI=1S/C56H63FN4O11/c1-2-31-69-56-50(60(37-40-17-22-42(57)23-18-40)51(64)28-21-38-19-24-43(25-20-38)61(66)67)35-48(59-72-52-16-8-11-32-68-52)46-33-41(14-6-9-29-62)45(15-7-10-30-63)53(54(46)56)47-34-44(26-27-49(47)71-56)70-55(65)58-36-39-12-4-3-5-13-39/h2-5,12-13,17-28,33-34,41,45,50,52-54,62-63H,1,6-11,14-16,29-32,35-37H2,(H,58,65). The van der Waals surface area contributed by atoms with Gasteiger partial charge in [0.1, 0.15) is 23.4 Å². The largest absolute Gasteiger partial charge is 0.459 e. The van der Waals surface area contributed by atoms with Crippen molar-refractivity contribution in [2.45, 2.75) is 101 Å². The van der Waals surface area contributed by atoms with E-state index in [1.807, 2.05) is 36.4 Å². The summed E-state index contributed by atoms with van der Waals surface area (Å²) in [4.78, 5) is 47.5. The van der Waals surface area contributed by atoms with Crippen LogP contribution >= 0.6 is 0 Å². The Kier molecular flexibility index (Phi) is 17.6. The maximum atomic E-state index is 15.2. The number of nitrogens with zero attached hydrogens (tertiary/aromatic N) is 3. The van der Waals surface area contributed by atoms with E-state index in [-0.39, 0.29) is 62.6 Å². The van der Waals surface area contributed by atoms with E-state index >= 15 is 4.79 Å². The zero-order valence-corrected chi connectivity index (χ0v) is 40.3. The van der Waals surface area contributed by atoms with Crippen molar-refractivity contribution < 1.29 is 52.9 Å². The molecule has 0 radical (unpaired) electrons. The van der Waals surface area contributed by atoms with Gasteiger partial charge in [-0.1, -0.05) is 72.6 Å². The van der Waals surface area contributed by atoms with Gasteiger partial charge >= 0.3 is 6.09 Å². The summed E-state index contributed by atoms with van der Waals surface area (Å²) in [7, 11) is 0. The molecule has 2 aliphatic carbocycles. The van der Waals surface area contributed by atoms with Gasteiger partial charge in [0.05, 0.1) is 29.8 Å². The lowest BCUT2D eigenvalue weighted by Crippen LogP contribution is -2.70.